The van der Waals surface area contributed by atoms with Crippen molar-refractivity contribution in [2.24, 2.45) is 5.10 Å². The van der Waals surface area contributed by atoms with Crippen molar-refractivity contribution in [2.75, 3.05) is 5.43 Å². The molecule has 6 nitrogen and oxygen atoms in total. The summed E-state index contributed by atoms with van der Waals surface area (Å²) in [6.45, 7) is 0. The summed E-state index contributed by atoms with van der Waals surface area (Å²) >= 11 is 1.62. The number of H-pyrrole nitrogens is 1. The molecule has 112 valence electrons. The van der Waals surface area contributed by atoms with Crippen LogP contribution >= 0.6 is 11.3 Å². The molecule has 0 aliphatic heterocycles. The van der Waals surface area contributed by atoms with E-state index in [1.54, 1.807) is 29.7 Å². The second-order valence-corrected chi connectivity index (χ2v) is 6.27. The van der Waals surface area contributed by atoms with Crippen LogP contribution in [0.15, 0.2) is 32.7 Å². The van der Waals surface area contributed by atoms with Crippen molar-refractivity contribution in [1.82, 2.24) is 9.97 Å². The Labute approximate surface area is 129 Å². The van der Waals surface area contributed by atoms with Crippen molar-refractivity contribution in [2.45, 2.75) is 25.7 Å². The molecule has 3 aromatic rings. The number of fused-ring (bicyclic) bond motifs is 3. The lowest BCUT2D eigenvalue weighted by Gasteiger charge is -2.09. The number of rotatable bonds is 3. The van der Waals surface area contributed by atoms with Crippen molar-refractivity contribution >= 4 is 33.7 Å². The molecule has 1 aliphatic rings. The number of nitrogens with zero attached hydrogens (tertiary/aromatic N) is 2. The molecule has 0 aromatic carbocycles. The van der Waals surface area contributed by atoms with Gasteiger partial charge in [0.25, 0.3) is 5.56 Å². The first-order chi connectivity index (χ1) is 10.8. The molecule has 0 spiro atoms. The molecule has 1 aliphatic carbocycles. The Morgan fingerprint density at radius 1 is 1.41 bits per heavy atom. The molecule has 0 amide bonds. The molecule has 2 N–H and O–H groups in total. The standard InChI is InChI=1S/C15H14N4O2S/c20-13-12-10-5-1-2-6-11(10)22-14(12)18-15(17-13)19-16-8-9-4-3-7-21-9/h3-4,7-8H,1-2,5-6H2,(H2,17,18,19,20). The minimum absolute atomic E-state index is 0.0971. The summed E-state index contributed by atoms with van der Waals surface area (Å²) < 4.78 is 5.14. The van der Waals surface area contributed by atoms with Gasteiger partial charge >= 0.3 is 0 Å². The molecule has 0 atom stereocenters. The third-order valence-electron chi connectivity index (χ3n) is 3.73. The van der Waals surface area contributed by atoms with Crippen LogP contribution in [0.4, 0.5) is 5.95 Å². The van der Waals surface area contributed by atoms with Crippen LogP contribution in [-0.2, 0) is 12.8 Å². The lowest BCUT2D eigenvalue weighted by atomic mass is 9.97. The van der Waals surface area contributed by atoms with E-state index in [1.165, 1.54) is 23.1 Å². The highest BCUT2D eigenvalue weighted by Crippen LogP contribution is 2.33. The van der Waals surface area contributed by atoms with Crippen molar-refractivity contribution in [3.63, 3.8) is 0 Å². The maximum Gasteiger partial charge on any atom is 0.261 e. The first-order valence-electron chi connectivity index (χ1n) is 7.18. The summed E-state index contributed by atoms with van der Waals surface area (Å²) in [6.07, 6.45) is 7.47. The fourth-order valence-electron chi connectivity index (χ4n) is 2.74. The first kappa shape index (κ1) is 13.3. The van der Waals surface area contributed by atoms with E-state index in [0.717, 1.165) is 29.5 Å². The van der Waals surface area contributed by atoms with E-state index in [-0.39, 0.29) is 5.56 Å². The van der Waals surface area contributed by atoms with E-state index in [1.807, 2.05) is 0 Å². The Balaban J connectivity index is 1.67. The average molecular weight is 314 g/mol. The quantitative estimate of drug-likeness (QED) is 0.575. The number of aromatic nitrogens is 2. The summed E-state index contributed by atoms with van der Waals surface area (Å²) in [6, 6.07) is 3.57. The van der Waals surface area contributed by atoms with Gasteiger partial charge in [-0.1, -0.05) is 0 Å². The van der Waals surface area contributed by atoms with Crippen LogP contribution in [0.25, 0.3) is 10.2 Å². The molecule has 3 heterocycles. The van der Waals surface area contributed by atoms with Crippen LogP contribution in [0, 0.1) is 0 Å². The maximum absolute atomic E-state index is 12.3. The molecule has 0 fully saturated rings. The summed E-state index contributed by atoms with van der Waals surface area (Å²) in [4.78, 5) is 21.6. The highest BCUT2D eigenvalue weighted by molar-refractivity contribution is 7.18. The second kappa shape index (κ2) is 5.42. The number of furan rings is 1. The molecule has 0 saturated carbocycles. The van der Waals surface area contributed by atoms with E-state index in [9.17, 15) is 4.79 Å². The first-order valence-corrected chi connectivity index (χ1v) is 8.00. The number of hydrazone groups is 1. The van der Waals surface area contributed by atoms with Crippen LogP contribution in [0.5, 0.6) is 0 Å². The van der Waals surface area contributed by atoms with Crippen molar-refractivity contribution in [3.05, 3.63) is 45.0 Å². The van der Waals surface area contributed by atoms with E-state index >= 15 is 0 Å². The SMILES string of the molecule is O=c1[nH]c(NN=Cc2ccco2)nc2sc3c(c12)CCCC3. The zero-order chi connectivity index (χ0) is 14.9. The van der Waals surface area contributed by atoms with E-state index in [4.69, 9.17) is 4.42 Å². The highest BCUT2D eigenvalue weighted by Gasteiger charge is 2.19. The lowest BCUT2D eigenvalue weighted by Crippen LogP contribution is -2.12. The largest absolute Gasteiger partial charge is 0.463 e. The van der Waals surface area contributed by atoms with Gasteiger partial charge in [-0.3, -0.25) is 9.78 Å². The fourth-order valence-corrected chi connectivity index (χ4v) is 4.00. The third-order valence-corrected chi connectivity index (χ3v) is 4.92. The molecule has 0 bridgehead atoms. The Morgan fingerprint density at radius 3 is 3.18 bits per heavy atom. The van der Waals surface area contributed by atoms with Gasteiger partial charge in [-0.2, -0.15) is 5.10 Å². The molecule has 4 rings (SSSR count). The van der Waals surface area contributed by atoms with Gasteiger partial charge in [0, 0.05) is 4.88 Å². The highest BCUT2D eigenvalue weighted by atomic mass is 32.1. The second-order valence-electron chi connectivity index (χ2n) is 5.19. The van der Waals surface area contributed by atoms with Crippen LogP contribution in [0.3, 0.4) is 0 Å². The van der Waals surface area contributed by atoms with Crippen LogP contribution in [-0.4, -0.2) is 16.2 Å². The average Bonchev–Trinajstić information content (AvgIpc) is 3.14. The zero-order valence-electron chi connectivity index (χ0n) is 11.8. The number of aromatic amines is 1. The summed E-state index contributed by atoms with van der Waals surface area (Å²) in [5, 5.41) is 4.77. The normalized spacial score (nSPS) is 14.5. The molecule has 0 radical (unpaired) electrons. The molecule has 0 saturated heterocycles. The smallest absolute Gasteiger partial charge is 0.261 e. The zero-order valence-corrected chi connectivity index (χ0v) is 12.6. The number of aryl methyl sites for hydroxylation is 2. The Bertz CT molecular complexity index is 892. The molecule has 0 unspecified atom stereocenters. The molecular weight excluding hydrogens is 300 g/mol. The van der Waals surface area contributed by atoms with Crippen molar-refractivity contribution < 1.29 is 4.42 Å². The minimum atomic E-state index is -0.0971. The van der Waals surface area contributed by atoms with Gasteiger partial charge in [-0.05, 0) is 43.4 Å². The fraction of sp³-hybridized carbons (Fsp3) is 0.267. The lowest BCUT2D eigenvalue weighted by molar-refractivity contribution is 0.560. The molecule has 22 heavy (non-hydrogen) atoms. The predicted octanol–water partition coefficient (Wildman–Crippen LogP) is 2.90. The van der Waals surface area contributed by atoms with Crippen molar-refractivity contribution in [3.8, 4) is 0 Å². The van der Waals surface area contributed by atoms with Gasteiger partial charge in [-0.25, -0.2) is 10.4 Å². The van der Waals surface area contributed by atoms with Gasteiger partial charge < -0.3 is 4.42 Å². The van der Waals surface area contributed by atoms with Crippen molar-refractivity contribution in [1.29, 1.82) is 0 Å². The monoisotopic (exact) mass is 314 g/mol. The van der Waals surface area contributed by atoms with Crippen LogP contribution in [0.1, 0.15) is 29.0 Å². The van der Waals surface area contributed by atoms with E-state index in [0.29, 0.717) is 11.7 Å². The van der Waals surface area contributed by atoms with Gasteiger partial charge in [-0.15, -0.1) is 11.3 Å². The number of hydrogen-bond donors (Lipinski definition) is 2. The topological polar surface area (TPSA) is 83.3 Å². The Morgan fingerprint density at radius 2 is 2.32 bits per heavy atom. The number of anilines is 1. The minimum Gasteiger partial charge on any atom is -0.463 e. The predicted molar refractivity (Wildman–Crippen MR) is 86.8 cm³/mol. The number of hydrogen-bond acceptors (Lipinski definition) is 6. The summed E-state index contributed by atoms with van der Waals surface area (Å²) in [5.41, 5.74) is 3.83. The Hall–Kier alpha value is -2.41. The molecule has 7 heteroatoms. The van der Waals surface area contributed by atoms with Gasteiger partial charge in [0.2, 0.25) is 5.95 Å². The summed E-state index contributed by atoms with van der Waals surface area (Å²) in [7, 11) is 0. The molecular formula is C15H14N4O2S. The van der Waals surface area contributed by atoms with E-state index in [2.05, 4.69) is 20.5 Å². The van der Waals surface area contributed by atoms with Crippen LogP contribution in [0.2, 0.25) is 0 Å². The van der Waals surface area contributed by atoms with Gasteiger partial charge in [0.15, 0.2) is 0 Å². The van der Waals surface area contributed by atoms with Crippen LogP contribution < -0.4 is 11.0 Å². The number of thiophene rings is 1. The molecule has 3 aromatic heterocycles. The van der Waals surface area contributed by atoms with Gasteiger partial charge in [0.05, 0.1) is 17.9 Å². The third kappa shape index (κ3) is 2.33. The van der Waals surface area contributed by atoms with E-state index < -0.39 is 0 Å². The Kier molecular flexibility index (Phi) is 3.27. The maximum atomic E-state index is 12.3. The number of nitrogens with one attached hydrogen (secondary N) is 2. The van der Waals surface area contributed by atoms with Gasteiger partial charge in [0.1, 0.15) is 10.6 Å². The summed E-state index contributed by atoms with van der Waals surface area (Å²) in [5.74, 6) is 0.974.